The number of hydrogen-bond acceptors (Lipinski definition) is 1. The highest BCUT2D eigenvalue weighted by Gasteiger charge is 2.26. The van der Waals surface area contributed by atoms with Crippen molar-refractivity contribution >= 4 is 5.78 Å². The SMILES string of the molecule is O=C(C1=CCCCC1)C1CCc2ccccc2C1. The first-order valence-corrected chi connectivity index (χ1v) is 7.14. The Morgan fingerprint density at radius 1 is 1.06 bits per heavy atom. The van der Waals surface area contributed by atoms with Gasteiger partial charge < -0.3 is 0 Å². The Morgan fingerprint density at radius 3 is 2.67 bits per heavy atom. The van der Waals surface area contributed by atoms with Crippen LogP contribution in [-0.4, -0.2) is 5.78 Å². The van der Waals surface area contributed by atoms with Crippen molar-refractivity contribution in [2.24, 2.45) is 5.92 Å². The summed E-state index contributed by atoms with van der Waals surface area (Å²) in [6.45, 7) is 0. The zero-order valence-electron chi connectivity index (χ0n) is 10.8. The minimum Gasteiger partial charge on any atom is -0.294 e. The summed E-state index contributed by atoms with van der Waals surface area (Å²) in [5.41, 5.74) is 3.95. The van der Waals surface area contributed by atoms with Crippen molar-refractivity contribution < 1.29 is 4.79 Å². The third kappa shape index (κ3) is 2.27. The molecule has 0 heterocycles. The second-order valence-electron chi connectivity index (χ2n) is 5.55. The molecule has 1 unspecified atom stereocenters. The summed E-state index contributed by atoms with van der Waals surface area (Å²) in [7, 11) is 0. The summed E-state index contributed by atoms with van der Waals surface area (Å²) in [6.07, 6.45) is 9.80. The molecule has 0 saturated heterocycles. The lowest BCUT2D eigenvalue weighted by molar-refractivity contribution is -0.119. The molecule has 1 heteroatoms. The summed E-state index contributed by atoms with van der Waals surface area (Å²) in [5.74, 6) is 0.674. The lowest BCUT2D eigenvalue weighted by Gasteiger charge is -2.25. The van der Waals surface area contributed by atoms with Gasteiger partial charge in [-0.2, -0.15) is 0 Å². The Hall–Kier alpha value is -1.37. The van der Waals surface area contributed by atoms with E-state index in [2.05, 4.69) is 30.3 Å². The molecular weight excluding hydrogens is 220 g/mol. The maximum atomic E-state index is 12.5. The van der Waals surface area contributed by atoms with E-state index >= 15 is 0 Å². The van der Waals surface area contributed by atoms with Gasteiger partial charge in [-0.25, -0.2) is 0 Å². The molecule has 2 aliphatic rings. The van der Waals surface area contributed by atoms with E-state index in [4.69, 9.17) is 0 Å². The Kier molecular flexibility index (Phi) is 3.31. The van der Waals surface area contributed by atoms with Crippen LogP contribution in [0.15, 0.2) is 35.9 Å². The molecule has 0 amide bonds. The fourth-order valence-corrected chi connectivity index (χ4v) is 3.25. The average molecular weight is 240 g/mol. The van der Waals surface area contributed by atoms with Crippen LogP contribution in [0.1, 0.15) is 43.2 Å². The number of aryl methyl sites for hydroxylation is 1. The van der Waals surface area contributed by atoms with Gasteiger partial charge in [0.2, 0.25) is 0 Å². The Bertz CT molecular complexity index is 484. The van der Waals surface area contributed by atoms with Crippen LogP contribution in [0.25, 0.3) is 0 Å². The van der Waals surface area contributed by atoms with E-state index < -0.39 is 0 Å². The molecule has 1 aromatic carbocycles. The first kappa shape index (κ1) is 11.7. The molecule has 0 aliphatic heterocycles. The number of ketones is 1. The number of carbonyl (C=O) groups is 1. The molecule has 2 aliphatic carbocycles. The van der Waals surface area contributed by atoms with Crippen molar-refractivity contribution in [3.05, 3.63) is 47.0 Å². The quantitative estimate of drug-likeness (QED) is 0.767. The van der Waals surface area contributed by atoms with Gasteiger partial charge in [-0.15, -0.1) is 0 Å². The molecule has 0 bridgehead atoms. The summed E-state index contributed by atoms with van der Waals surface area (Å²) >= 11 is 0. The molecule has 0 saturated carbocycles. The Labute approximate surface area is 109 Å². The molecule has 1 atom stereocenters. The molecule has 0 radical (unpaired) electrons. The maximum absolute atomic E-state index is 12.5. The van der Waals surface area contributed by atoms with Gasteiger partial charge >= 0.3 is 0 Å². The fourth-order valence-electron chi connectivity index (χ4n) is 3.25. The van der Waals surface area contributed by atoms with E-state index in [9.17, 15) is 4.79 Å². The summed E-state index contributed by atoms with van der Waals surface area (Å²) in [4.78, 5) is 12.5. The minimum absolute atomic E-state index is 0.240. The van der Waals surface area contributed by atoms with Gasteiger partial charge in [-0.3, -0.25) is 4.79 Å². The van der Waals surface area contributed by atoms with Crippen LogP contribution < -0.4 is 0 Å². The number of Topliss-reactive ketones (excluding diaryl/α,β-unsaturated/α-hetero) is 1. The van der Waals surface area contributed by atoms with Crippen LogP contribution in [-0.2, 0) is 17.6 Å². The third-order valence-electron chi connectivity index (χ3n) is 4.33. The summed E-state index contributed by atoms with van der Waals surface area (Å²) < 4.78 is 0. The summed E-state index contributed by atoms with van der Waals surface area (Å²) in [5, 5.41) is 0. The number of benzene rings is 1. The zero-order valence-corrected chi connectivity index (χ0v) is 10.8. The molecule has 94 valence electrons. The van der Waals surface area contributed by atoms with Gasteiger partial charge in [-0.1, -0.05) is 30.3 Å². The van der Waals surface area contributed by atoms with Crippen molar-refractivity contribution in [3.63, 3.8) is 0 Å². The topological polar surface area (TPSA) is 17.1 Å². The first-order valence-electron chi connectivity index (χ1n) is 7.14. The maximum Gasteiger partial charge on any atom is 0.161 e. The molecule has 1 aromatic rings. The van der Waals surface area contributed by atoms with Crippen molar-refractivity contribution in [2.45, 2.75) is 44.9 Å². The number of allylic oxidation sites excluding steroid dienone is 2. The normalized spacial score (nSPS) is 23.1. The number of hydrogen-bond donors (Lipinski definition) is 0. The van der Waals surface area contributed by atoms with Gasteiger partial charge in [0, 0.05) is 5.92 Å². The van der Waals surface area contributed by atoms with Crippen LogP contribution in [0.3, 0.4) is 0 Å². The molecule has 18 heavy (non-hydrogen) atoms. The standard InChI is InChI=1S/C17H20O/c18-17(14-7-2-1-3-8-14)16-11-10-13-6-4-5-9-15(13)12-16/h4-7,9,16H,1-3,8,10-12H2. The third-order valence-corrected chi connectivity index (χ3v) is 4.33. The monoisotopic (exact) mass is 240 g/mol. The van der Waals surface area contributed by atoms with Crippen LogP contribution in [0.2, 0.25) is 0 Å². The average Bonchev–Trinajstić information content (AvgIpc) is 2.47. The summed E-state index contributed by atoms with van der Waals surface area (Å²) in [6, 6.07) is 8.58. The zero-order chi connectivity index (χ0) is 12.4. The molecule has 0 fully saturated rings. The van der Waals surface area contributed by atoms with Crippen molar-refractivity contribution in [1.29, 1.82) is 0 Å². The van der Waals surface area contributed by atoms with Gasteiger partial charge in [0.25, 0.3) is 0 Å². The second-order valence-corrected chi connectivity index (χ2v) is 5.55. The van der Waals surface area contributed by atoms with Crippen molar-refractivity contribution in [3.8, 4) is 0 Å². The Balaban J connectivity index is 1.75. The van der Waals surface area contributed by atoms with Crippen LogP contribution in [0.5, 0.6) is 0 Å². The molecule has 1 nitrogen and oxygen atoms in total. The highest BCUT2D eigenvalue weighted by molar-refractivity contribution is 5.97. The highest BCUT2D eigenvalue weighted by atomic mass is 16.1. The largest absolute Gasteiger partial charge is 0.294 e. The number of fused-ring (bicyclic) bond motifs is 1. The predicted molar refractivity (Wildman–Crippen MR) is 73.5 cm³/mol. The number of carbonyl (C=O) groups excluding carboxylic acids is 1. The highest BCUT2D eigenvalue weighted by Crippen LogP contribution is 2.30. The molecular formula is C17H20O. The molecule has 3 rings (SSSR count). The fraction of sp³-hybridized carbons (Fsp3) is 0.471. The van der Waals surface area contributed by atoms with E-state index in [1.54, 1.807) is 0 Å². The predicted octanol–water partition coefficient (Wildman–Crippen LogP) is 3.86. The van der Waals surface area contributed by atoms with Gasteiger partial charge in [0.15, 0.2) is 5.78 Å². The molecule has 0 N–H and O–H groups in total. The van der Waals surface area contributed by atoms with Crippen LogP contribution in [0.4, 0.5) is 0 Å². The van der Waals surface area contributed by atoms with Gasteiger partial charge in [-0.05, 0) is 61.6 Å². The van der Waals surface area contributed by atoms with E-state index in [1.165, 1.54) is 24.0 Å². The molecule has 0 spiro atoms. The minimum atomic E-state index is 0.240. The lowest BCUT2D eigenvalue weighted by Crippen LogP contribution is -2.24. The Morgan fingerprint density at radius 2 is 1.89 bits per heavy atom. The second kappa shape index (κ2) is 5.09. The van der Waals surface area contributed by atoms with E-state index in [0.29, 0.717) is 5.78 Å². The van der Waals surface area contributed by atoms with Gasteiger partial charge in [0.05, 0.1) is 0 Å². The number of rotatable bonds is 2. The van der Waals surface area contributed by atoms with Crippen molar-refractivity contribution in [2.75, 3.05) is 0 Å². The van der Waals surface area contributed by atoms with Crippen LogP contribution in [0, 0.1) is 5.92 Å². The first-order chi connectivity index (χ1) is 8.84. The van der Waals surface area contributed by atoms with Crippen LogP contribution >= 0.6 is 0 Å². The van der Waals surface area contributed by atoms with Crippen molar-refractivity contribution in [1.82, 2.24) is 0 Å². The van der Waals surface area contributed by atoms with E-state index in [0.717, 1.165) is 37.7 Å². The van der Waals surface area contributed by atoms with E-state index in [1.807, 2.05) is 0 Å². The smallest absolute Gasteiger partial charge is 0.161 e. The van der Waals surface area contributed by atoms with Gasteiger partial charge in [0.1, 0.15) is 0 Å². The molecule has 0 aromatic heterocycles. The van der Waals surface area contributed by atoms with E-state index in [-0.39, 0.29) is 5.92 Å². The lowest BCUT2D eigenvalue weighted by atomic mass is 9.78.